The average Bonchev–Trinajstić information content (AvgIpc) is 2.98. The Hall–Kier alpha value is -1.08. The van der Waals surface area contributed by atoms with E-state index < -0.39 is 5.51 Å². The summed E-state index contributed by atoms with van der Waals surface area (Å²) >= 11 is -0.0889. The molecular weight excluding hydrogens is 245 g/mol. The fourth-order valence-electron chi connectivity index (χ4n) is 1.41. The number of thioether (sulfide) groups is 1. The number of benzene rings is 1. The minimum Gasteiger partial charge on any atom is -0.160 e. The van der Waals surface area contributed by atoms with Gasteiger partial charge in [0.05, 0.1) is 0 Å². The lowest BCUT2D eigenvalue weighted by Gasteiger charge is -2.09. The zero-order valence-electron chi connectivity index (χ0n) is 9.27. The van der Waals surface area contributed by atoms with Gasteiger partial charge in [0.2, 0.25) is 0 Å². The Balaban J connectivity index is 2.31. The van der Waals surface area contributed by atoms with Gasteiger partial charge in [-0.1, -0.05) is 24.0 Å². The van der Waals surface area contributed by atoms with Crippen molar-refractivity contribution in [2.24, 2.45) is 5.92 Å². The van der Waals surface area contributed by atoms with Gasteiger partial charge in [0, 0.05) is 16.4 Å². The van der Waals surface area contributed by atoms with E-state index in [0.29, 0.717) is 11.5 Å². The fourth-order valence-corrected chi connectivity index (χ4v) is 2.12. The standard InChI is InChI=1S/C13H11F3S/c1-9-3-2-4-12(17-13(14,15)16)11(9)8-7-10-5-6-10/h2-4,10H,5-6H2,1H3. The number of alkyl halides is 3. The molecule has 4 heteroatoms. The largest absolute Gasteiger partial charge is 0.446 e. The Bertz CT molecular complexity index is 476. The summed E-state index contributed by atoms with van der Waals surface area (Å²) in [7, 11) is 0. The summed E-state index contributed by atoms with van der Waals surface area (Å²) in [5, 5.41) is 0. The molecule has 0 aliphatic heterocycles. The van der Waals surface area contributed by atoms with Crippen molar-refractivity contribution >= 4 is 11.8 Å². The molecule has 0 spiro atoms. The van der Waals surface area contributed by atoms with Gasteiger partial charge in [0.25, 0.3) is 0 Å². The van der Waals surface area contributed by atoms with Gasteiger partial charge < -0.3 is 0 Å². The highest BCUT2D eigenvalue weighted by molar-refractivity contribution is 8.00. The van der Waals surface area contributed by atoms with E-state index in [-0.39, 0.29) is 16.7 Å². The molecule has 1 aliphatic rings. The van der Waals surface area contributed by atoms with E-state index in [4.69, 9.17) is 0 Å². The van der Waals surface area contributed by atoms with Crippen LogP contribution >= 0.6 is 11.8 Å². The van der Waals surface area contributed by atoms with Crippen LogP contribution in [0.15, 0.2) is 23.1 Å². The van der Waals surface area contributed by atoms with Crippen molar-refractivity contribution in [2.45, 2.75) is 30.2 Å². The van der Waals surface area contributed by atoms with E-state index in [1.54, 1.807) is 19.1 Å². The third-order valence-corrected chi connectivity index (χ3v) is 3.23. The Morgan fingerprint density at radius 2 is 2.00 bits per heavy atom. The first-order chi connectivity index (χ1) is 7.96. The average molecular weight is 256 g/mol. The molecule has 0 radical (unpaired) electrons. The summed E-state index contributed by atoms with van der Waals surface area (Å²) < 4.78 is 37.1. The van der Waals surface area contributed by atoms with Gasteiger partial charge in [-0.15, -0.1) is 0 Å². The summed E-state index contributed by atoms with van der Waals surface area (Å²) in [5.41, 5.74) is -2.95. The quantitative estimate of drug-likeness (QED) is 0.531. The monoisotopic (exact) mass is 256 g/mol. The molecule has 1 aromatic carbocycles. The lowest BCUT2D eigenvalue weighted by molar-refractivity contribution is -0.0328. The number of hydrogen-bond donors (Lipinski definition) is 0. The van der Waals surface area contributed by atoms with E-state index in [2.05, 4.69) is 11.8 Å². The SMILES string of the molecule is Cc1cccc(SC(F)(F)F)c1C#CC1CC1. The van der Waals surface area contributed by atoms with Crippen molar-refractivity contribution < 1.29 is 13.2 Å². The van der Waals surface area contributed by atoms with Crippen molar-refractivity contribution in [3.8, 4) is 11.8 Å². The van der Waals surface area contributed by atoms with Crippen LogP contribution in [-0.4, -0.2) is 5.51 Å². The van der Waals surface area contributed by atoms with Crippen molar-refractivity contribution in [1.29, 1.82) is 0 Å². The summed E-state index contributed by atoms with van der Waals surface area (Å²) in [5.74, 6) is 6.29. The van der Waals surface area contributed by atoms with Gasteiger partial charge in [0.1, 0.15) is 0 Å². The second-order valence-electron chi connectivity index (χ2n) is 4.04. The number of hydrogen-bond acceptors (Lipinski definition) is 1. The first-order valence-electron chi connectivity index (χ1n) is 5.32. The van der Waals surface area contributed by atoms with Gasteiger partial charge in [-0.2, -0.15) is 13.2 Å². The Labute approximate surface area is 103 Å². The molecule has 0 N–H and O–H groups in total. The molecule has 1 fully saturated rings. The minimum atomic E-state index is -4.26. The van der Waals surface area contributed by atoms with Crippen LogP contribution < -0.4 is 0 Å². The van der Waals surface area contributed by atoms with E-state index >= 15 is 0 Å². The highest BCUT2D eigenvalue weighted by Gasteiger charge is 2.30. The maximum atomic E-state index is 12.4. The Kier molecular flexibility index (Phi) is 3.39. The first-order valence-corrected chi connectivity index (χ1v) is 6.14. The van der Waals surface area contributed by atoms with Gasteiger partial charge in [-0.25, -0.2) is 0 Å². The lowest BCUT2D eigenvalue weighted by atomic mass is 10.1. The van der Waals surface area contributed by atoms with Gasteiger partial charge in [0.15, 0.2) is 0 Å². The summed E-state index contributed by atoms with van der Waals surface area (Å²) in [4.78, 5) is 0.200. The van der Waals surface area contributed by atoms with E-state index in [0.717, 1.165) is 18.4 Å². The molecule has 0 bridgehead atoms. The van der Waals surface area contributed by atoms with Crippen LogP contribution in [0.3, 0.4) is 0 Å². The predicted molar refractivity (Wildman–Crippen MR) is 62.7 cm³/mol. The molecule has 0 atom stereocenters. The van der Waals surface area contributed by atoms with Crippen LogP contribution in [0, 0.1) is 24.7 Å². The number of aryl methyl sites for hydroxylation is 1. The van der Waals surface area contributed by atoms with Crippen molar-refractivity contribution in [2.75, 3.05) is 0 Å². The molecule has 1 aliphatic carbocycles. The molecule has 90 valence electrons. The van der Waals surface area contributed by atoms with Crippen molar-refractivity contribution in [1.82, 2.24) is 0 Å². The molecule has 0 amide bonds. The maximum Gasteiger partial charge on any atom is 0.446 e. The Morgan fingerprint density at radius 3 is 2.59 bits per heavy atom. The van der Waals surface area contributed by atoms with E-state index in [1.807, 2.05) is 0 Å². The van der Waals surface area contributed by atoms with E-state index in [1.165, 1.54) is 6.07 Å². The third kappa shape index (κ3) is 3.71. The van der Waals surface area contributed by atoms with Crippen LogP contribution in [0.5, 0.6) is 0 Å². The minimum absolute atomic E-state index is 0.0889. The molecule has 17 heavy (non-hydrogen) atoms. The maximum absolute atomic E-state index is 12.4. The zero-order valence-corrected chi connectivity index (χ0v) is 10.1. The van der Waals surface area contributed by atoms with Gasteiger partial charge in [-0.05, 0) is 43.2 Å². The van der Waals surface area contributed by atoms with E-state index in [9.17, 15) is 13.2 Å². The molecule has 0 nitrogen and oxygen atoms in total. The first kappa shape index (κ1) is 12.4. The normalized spacial score (nSPS) is 15.3. The second kappa shape index (κ2) is 4.66. The highest BCUT2D eigenvalue weighted by atomic mass is 32.2. The van der Waals surface area contributed by atoms with Crippen LogP contribution in [-0.2, 0) is 0 Å². The van der Waals surface area contributed by atoms with Gasteiger partial charge >= 0.3 is 5.51 Å². The molecule has 0 unspecified atom stereocenters. The second-order valence-corrected chi connectivity index (χ2v) is 5.15. The van der Waals surface area contributed by atoms with Gasteiger partial charge in [-0.3, -0.25) is 0 Å². The molecule has 0 saturated heterocycles. The molecular formula is C13H11F3S. The van der Waals surface area contributed by atoms with Crippen LogP contribution in [0.1, 0.15) is 24.0 Å². The molecule has 1 aromatic rings. The summed E-state index contributed by atoms with van der Waals surface area (Å²) in [6, 6.07) is 4.89. The fraction of sp³-hybridized carbons (Fsp3) is 0.385. The predicted octanol–water partition coefficient (Wildman–Crippen LogP) is 4.37. The Morgan fingerprint density at radius 1 is 1.29 bits per heavy atom. The highest BCUT2D eigenvalue weighted by Crippen LogP contribution is 2.39. The summed E-state index contributed by atoms with van der Waals surface area (Å²) in [6.45, 7) is 1.79. The van der Waals surface area contributed by atoms with Crippen LogP contribution in [0.2, 0.25) is 0 Å². The third-order valence-electron chi connectivity index (χ3n) is 2.44. The molecule has 0 heterocycles. The molecule has 1 saturated carbocycles. The topological polar surface area (TPSA) is 0 Å². The molecule has 2 rings (SSSR count). The van der Waals surface area contributed by atoms with Crippen molar-refractivity contribution in [3.63, 3.8) is 0 Å². The number of halogens is 3. The smallest absolute Gasteiger partial charge is 0.160 e. The molecule has 0 aromatic heterocycles. The number of rotatable bonds is 1. The van der Waals surface area contributed by atoms with Crippen LogP contribution in [0.25, 0.3) is 0 Å². The summed E-state index contributed by atoms with van der Waals surface area (Å²) in [6.07, 6.45) is 2.14. The van der Waals surface area contributed by atoms with Crippen molar-refractivity contribution in [3.05, 3.63) is 29.3 Å². The lowest BCUT2D eigenvalue weighted by Crippen LogP contribution is -2.00. The van der Waals surface area contributed by atoms with Crippen LogP contribution in [0.4, 0.5) is 13.2 Å². The zero-order chi connectivity index (χ0) is 12.5.